The van der Waals surface area contributed by atoms with Crippen LogP contribution in [0.15, 0.2) is 30.3 Å². The van der Waals surface area contributed by atoms with Crippen LogP contribution in [-0.2, 0) is 14.3 Å². The molecule has 2 unspecified atom stereocenters. The smallest absolute Gasteiger partial charge is 0.326 e. The van der Waals surface area contributed by atoms with Gasteiger partial charge in [-0.25, -0.2) is 4.79 Å². The minimum atomic E-state index is -1.00. The molecule has 1 fully saturated rings. The van der Waals surface area contributed by atoms with Gasteiger partial charge in [-0.1, -0.05) is 30.3 Å². The first-order valence-corrected chi connectivity index (χ1v) is 7.25. The highest BCUT2D eigenvalue weighted by molar-refractivity contribution is 5.88. The third-order valence-corrected chi connectivity index (χ3v) is 3.92. The van der Waals surface area contributed by atoms with Crippen LogP contribution < -0.4 is 5.32 Å². The average molecular weight is 291 g/mol. The number of carboxylic acids is 1. The van der Waals surface area contributed by atoms with Crippen LogP contribution in [-0.4, -0.2) is 36.2 Å². The van der Waals surface area contributed by atoms with Crippen molar-refractivity contribution in [1.29, 1.82) is 0 Å². The zero-order chi connectivity index (χ0) is 15.2. The molecule has 0 aromatic heterocycles. The summed E-state index contributed by atoms with van der Waals surface area (Å²) in [6.45, 7) is 2.83. The van der Waals surface area contributed by atoms with Crippen molar-refractivity contribution in [3.8, 4) is 0 Å². The monoisotopic (exact) mass is 291 g/mol. The van der Waals surface area contributed by atoms with Gasteiger partial charge in [-0.05, 0) is 25.3 Å². The van der Waals surface area contributed by atoms with Crippen LogP contribution in [0.3, 0.4) is 0 Å². The number of hydrogen-bond acceptors (Lipinski definition) is 3. The molecule has 0 spiro atoms. The summed E-state index contributed by atoms with van der Waals surface area (Å²) >= 11 is 0. The summed E-state index contributed by atoms with van der Waals surface area (Å²) in [5.74, 6) is -1.81. The van der Waals surface area contributed by atoms with Crippen molar-refractivity contribution < 1.29 is 19.4 Å². The second-order valence-electron chi connectivity index (χ2n) is 5.43. The number of rotatable bonds is 5. The Morgan fingerprint density at radius 3 is 2.62 bits per heavy atom. The summed E-state index contributed by atoms with van der Waals surface area (Å²) in [7, 11) is 0. The number of amides is 1. The highest BCUT2D eigenvalue weighted by Crippen LogP contribution is 2.20. The molecule has 0 bridgehead atoms. The third-order valence-electron chi connectivity index (χ3n) is 3.92. The molecule has 114 valence electrons. The maximum atomic E-state index is 12.3. The van der Waals surface area contributed by atoms with Crippen molar-refractivity contribution in [2.45, 2.75) is 31.7 Å². The fourth-order valence-electron chi connectivity index (χ4n) is 2.58. The van der Waals surface area contributed by atoms with Gasteiger partial charge in [0.15, 0.2) is 0 Å². The van der Waals surface area contributed by atoms with E-state index in [1.807, 2.05) is 30.3 Å². The fourth-order valence-corrected chi connectivity index (χ4v) is 2.58. The number of benzene rings is 1. The number of carbonyl (C=O) groups excluding carboxylic acids is 1. The minimum absolute atomic E-state index is 0.164. The molecule has 0 aliphatic carbocycles. The summed E-state index contributed by atoms with van der Waals surface area (Å²) in [5, 5.41) is 12.0. The third kappa shape index (κ3) is 4.04. The molecule has 3 atom stereocenters. The van der Waals surface area contributed by atoms with E-state index in [1.165, 1.54) is 0 Å². The highest BCUT2D eigenvalue weighted by atomic mass is 16.5. The van der Waals surface area contributed by atoms with Crippen molar-refractivity contribution in [2.24, 2.45) is 5.92 Å². The Hall–Kier alpha value is -1.88. The molecule has 0 radical (unpaired) electrons. The maximum absolute atomic E-state index is 12.3. The van der Waals surface area contributed by atoms with Gasteiger partial charge in [-0.15, -0.1) is 0 Å². The maximum Gasteiger partial charge on any atom is 0.326 e. The van der Waals surface area contributed by atoms with Crippen LogP contribution in [0.4, 0.5) is 0 Å². The van der Waals surface area contributed by atoms with Gasteiger partial charge in [-0.2, -0.15) is 0 Å². The predicted octanol–water partition coefficient (Wildman–Crippen LogP) is 1.79. The number of carbonyl (C=O) groups is 2. The summed E-state index contributed by atoms with van der Waals surface area (Å²) in [6, 6.07) is 8.45. The first-order valence-electron chi connectivity index (χ1n) is 7.25. The zero-order valence-electron chi connectivity index (χ0n) is 12.1. The Bertz CT molecular complexity index is 482. The van der Waals surface area contributed by atoms with Gasteiger partial charge in [0.1, 0.15) is 6.04 Å². The van der Waals surface area contributed by atoms with E-state index >= 15 is 0 Å². The van der Waals surface area contributed by atoms with Crippen LogP contribution in [0.2, 0.25) is 0 Å². The molecular formula is C16H21NO4. The van der Waals surface area contributed by atoms with Crippen LogP contribution in [0.25, 0.3) is 0 Å². The molecule has 2 N–H and O–H groups in total. The summed E-state index contributed by atoms with van der Waals surface area (Å²) in [5.41, 5.74) is 0.874. The molecule has 1 aromatic rings. The van der Waals surface area contributed by atoms with E-state index in [1.54, 1.807) is 6.92 Å². The lowest BCUT2D eigenvalue weighted by Crippen LogP contribution is -2.49. The lowest BCUT2D eigenvalue weighted by molar-refractivity contribution is -0.145. The van der Waals surface area contributed by atoms with Gasteiger partial charge < -0.3 is 15.2 Å². The molecule has 1 heterocycles. The molecule has 2 rings (SSSR count). The number of nitrogens with one attached hydrogen (secondary N) is 1. The van der Waals surface area contributed by atoms with Crippen LogP contribution >= 0.6 is 0 Å². The largest absolute Gasteiger partial charge is 0.480 e. The van der Waals surface area contributed by atoms with Crippen molar-refractivity contribution in [2.75, 3.05) is 13.2 Å². The molecular weight excluding hydrogens is 270 g/mol. The quantitative estimate of drug-likeness (QED) is 0.867. The Kier molecular flexibility index (Phi) is 5.33. The highest BCUT2D eigenvalue weighted by Gasteiger charge is 2.32. The fraction of sp³-hybridized carbons (Fsp3) is 0.500. The Labute approximate surface area is 124 Å². The normalized spacial score (nSPS) is 21.3. The number of carboxylic acid groups (broad SMARTS) is 1. The van der Waals surface area contributed by atoms with E-state index in [0.717, 1.165) is 18.4 Å². The molecule has 1 amide bonds. The van der Waals surface area contributed by atoms with Gasteiger partial charge >= 0.3 is 5.97 Å². The van der Waals surface area contributed by atoms with E-state index in [4.69, 9.17) is 4.74 Å². The molecule has 1 aliphatic heterocycles. The Morgan fingerprint density at radius 1 is 1.33 bits per heavy atom. The molecule has 21 heavy (non-hydrogen) atoms. The van der Waals surface area contributed by atoms with E-state index in [-0.39, 0.29) is 17.7 Å². The van der Waals surface area contributed by atoms with Crippen LogP contribution in [0.5, 0.6) is 0 Å². The van der Waals surface area contributed by atoms with Crippen molar-refractivity contribution >= 4 is 11.9 Å². The molecule has 0 saturated carbocycles. The van der Waals surface area contributed by atoms with Crippen LogP contribution in [0.1, 0.15) is 31.2 Å². The Morgan fingerprint density at radius 2 is 2.05 bits per heavy atom. The summed E-state index contributed by atoms with van der Waals surface area (Å²) in [4.78, 5) is 23.7. The van der Waals surface area contributed by atoms with Crippen molar-refractivity contribution in [3.05, 3.63) is 35.9 Å². The topological polar surface area (TPSA) is 75.6 Å². The van der Waals surface area contributed by atoms with Gasteiger partial charge in [0.2, 0.25) is 5.91 Å². The van der Waals surface area contributed by atoms with Gasteiger partial charge in [-0.3, -0.25) is 4.79 Å². The van der Waals surface area contributed by atoms with E-state index in [9.17, 15) is 14.7 Å². The average Bonchev–Trinajstić information content (AvgIpc) is 2.53. The standard InChI is InChI=1S/C16H21NO4/c1-11(12-6-3-2-4-7-12)15(18)17-14(16(19)20)13-8-5-9-21-10-13/h2-4,6-7,11,13-14H,5,8-10H2,1H3,(H,17,18)(H,19,20)/t11-,13?,14?/m0/s1. The van der Waals surface area contributed by atoms with Crippen molar-refractivity contribution in [1.82, 2.24) is 5.32 Å². The lowest BCUT2D eigenvalue weighted by Gasteiger charge is -2.29. The number of aliphatic carboxylic acids is 1. The summed E-state index contributed by atoms with van der Waals surface area (Å²) < 4.78 is 5.33. The number of hydrogen-bond donors (Lipinski definition) is 2. The first kappa shape index (κ1) is 15.5. The van der Waals surface area contributed by atoms with Crippen LogP contribution in [0, 0.1) is 5.92 Å². The molecule has 1 aromatic carbocycles. The van der Waals surface area contributed by atoms with Crippen molar-refractivity contribution in [3.63, 3.8) is 0 Å². The number of ether oxygens (including phenoxy) is 1. The molecule has 1 aliphatic rings. The van der Waals surface area contributed by atoms with Gasteiger partial charge in [0.25, 0.3) is 0 Å². The Balaban J connectivity index is 2.02. The van der Waals surface area contributed by atoms with E-state index in [0.29, 0.717) is 13.2 Å². The minimum Gasteiger partial charge on any atom is -0.480 e. The molecule has 5 heteroatoms. The predicted molar refractivity (Wildman–Crippen MR) is 78.0 cm³/mol. The van der Waals surface area contributed by atoms with Gasteiger partial charge in [0, 0.05) is 12.5 Å². The van der Waals surface area contributed by atoms with Gasteiger partial charge in [0.05, 0.1) is 12.5 Å². The molecule has 1 saturated heterocycles. The SMILES string of the molecule is C[C@H](C(=O)NC(C(=O)O)C1CCCOC1)c1ccccc1. The second kappa shape index (κ2) is 7.22. The second-order valence-corrected chi connectivity index (χ2v) is 5.43. The first-order chi connectivity index (χ1) is 10.1. The summed E-state index contributed by atoms with van der Waals surface area (Å²) in [6.07, 6.45) is 1.59. The zero-order valence-corrected chi connectivity index (χ0v) is 12.1. The van der Waals surface area contributed by atoms with E-state index < -0.39 is 12.0 Å². The lowest BCUT2D eigenvalue weighted by atomic mass is 9.92. The molecule has 5 nitrogen and oxygen atoms in total. The van der Waals surface area contributed by atoms with E-state index in [2.05, 4.69) is 5.32 Å².